The zero-order chi connectivity index (χ0) is 15.1. The summed E-state index contributed by atoms with van der Waals surface area (Å²) in [6.45, 7) is 4.30. The molecule has 0 unspecified atom stereocenters. The summed E-state index contributed by atoms with van der Waals surface area (Å²) in [7, 11) is 0. The Labute approximate surface area is 129 Å². The minimum atomic E-state index is -0.205. The van der Waals surface area contributed by atoms with E-state index in [1.54, 1.807) is 0 Å². The van der Waals surface area contributed by atoms with Crippen LogP contribution in [0.1, 0.15) is 44.0 Å². The van der Waals surface area contributed by atoms with E-state index < -0.39 is 0 Å². The van der Waals surface area contributed by atoms with Crippen LogP contribution < -0.4 is 0 Å². The fourth-order valence-electron chi connectivity index (χ4n) is 2.55. The number of hydrogen-bond donors (Lipinski definition) is 0. The lowest BCUT2D eigenvalue weighted by molar-refractivity contribution is 0.361. The molecule has 0 fully saturated rings. The highest BCUT2D eigenvalue weighted by Gasteiger charge is 2.35. The van der Waals surface area contributed by atoms with E-state index in [0.29, 0.717) is 17.4 Å². The van der Waals surface area contributed by atoms with Gasteiger partial charge in [-0.1, -0.05) is 49.3 Å². The van der Waals surface area contributed by atoms with Crippen LogP contribution in [-0.4, -0.2) is 15.9 Å². The number of benzene rings is 1. The van der Waals surface area contributed by atoms with Crippen LogP contribution >= 0.6 is 11.8 Å². The van der Waals surface area contributed by atoms with Gasteiger partial charge in [-0.05, 0) is 18.4 Å². The Balaban J connectivity index is 2.29. The Morgan fingerprint density at radius 1 is 1.24 bits per heavy atom. The summed E-state index contributed by atoms with van der Waals surface area (Å²) < 4.78 is 5.35. The van der Waals surface area contributed by atoms with Gasteiger partial charge in [0.25, 0.3) is 0 Å². The molecule has 0 radical (unpaired) electrons. The molecule has 0 atom stereocenters. The Kier molecular flexibility index (Phi) is 5.40. The van der Waals surface area contributed by atoms with Crippen LogP contribution in [0.15, 0.2) is 34.9 Å². The van der Waals surface area contributed by atoms with Crippen LogP contribution in [-0.2, 0) is 11.2 Å². The van der Waals surface area contributed by atoms with E-state index in [-0.39, 0.29) is 5.41 Å². The molecule has 0 saturated carbocycles. The molecule has 21 heavy (non-hydrogen) atoms. The highest BCUT2D eigenvalue weighted by atomic mass is 32.2. The van der Waals surface area contributed by atoms with Crippen LogP contribution in [0.2, 0.25) is 0 Å². The summed E-state index contributed by atoms with van der Waals surface area (Å²) in [5, 5.41) is 12.8. The second-order valence-corrected chi connectivity index (χ2v) is 5.80. The number of thioether (sulfide) groups is 1. The van der Waals surface area contributed by atoms with Crippen LogP contribution in [0.25, 0.3) is 0 Å². The third-order valence-electron chi connectivity index (χ3n) is 3.82. The molecule has 2 aromatic rings. The minimum absolute atomic E-state index is 0.205. The quantitative estimate of drug-likeness (QED) is 0.725. The molecule has 0 aliphatic carbocycles. The second kappa shape index (κ2) is 7.28. The lowest BCUT2D eigenvalue weighted by Crippen LogP contribution is -2.27. The van der Waals surface area contributed by atoms with E-state index in [0.717, 1.165) is 18.7 Å². The molecule has 0 bridgehead atoms. The predicted molar refractivity (Wildman–Crippen MR) is 83.9 cm³/mol. The molecule has 110 valence electrons. The molecule has 0 amide bonds. The smallest absolute Gasteiger partial charge is 0.236 e. The minimum Gasteiger partial charge on any atom is -0.338 e. The Bertz CT molecular complexity index is 599. The van der Waals surface area contributed by atoms with Crippen LogP contribution in [0.4, 0.5) is 0 Å². The first-order chi connectivity index (χ1) is 10.3. The maximum absolute atomic E-state index is 8.57. The fourth-order valence-corrected chi connectivity index (χ4v) is 3.04. The maximum atomic E-state index is 8.57. The molecule has 5 heteroatoms. The third kappa shape index (κ3) is 3.27. The number of aromatic nitrogens is 2. The van der Waals surface area contributed by atoms with Crippen molar-refractivity contribution in [1.82, 2.24) is 10.1 Å². The van der Waals surface area contributed by atoms with Crippen molar-refractivity contribution in [3.05, 3.63) is 47.6 Å². The average molecular weight is 301 g/mol. The zero-order valence-electron chi connectivity index (χ0n) is 12.4. The zero-order valence-corrected chi connectivity index (χ0v) is 13.2. The van der Waals surface area contributed by atoms with Crippen molar-refractivity contribution in [2.24, 2.45) is 0 Å². The molecule has 0 saturated heterocycles. The van der Waals surface area contributed by atoms with Gasteiger partial charge in [-0.25, -0.2) is 0 Å². The topological polar surface area (TPSA) is 62.7 Å². The van der Waals surface area contributed by atoms with Crippen molar-refractivity contribution in [2.75, 3.05) is 5.75 Å². The highest BCUT2D eigenvalue weighted by Crippen LogP contribution is 2.37. The standard InChI is InChI=1S/C16H19N3OS/c1-3-16(4-2,13-8-6-5-7-9-13)15-18-14(20-19-15)12-21-11-10-17/h5-9H,3-4,11-12H2,1-2H3. The van der Waals surface area contributed by atoms with Crippen molar-refractivity contribution < 1.29 is 4.52 Å². The SMILES string of the molecule is CCC(CC)(c1ccccc1)c1noc(CSCC#N)n1. The molecule has 2 rings (SSSR count). The normalized spacial score (nSPS) is 11.3. The van der Waals surface area contributed by atoms with Gasteiger partial charge in [-0.15, -0.1) is 11.8 Å². The van der Waals surface area contributed by atoms with E-state index in [9.17, 15) is 0 Å². The largest absolute Gasteiger partial charge is 0.338 e. The lowest BCUT2D eigenvalue weighted by atomic mass is 9.75. The molecule has 1 aromatic carbocycles. The maximum Gasteiger partial charge on any atom is 0.236 e. The Morgan fingerprint density at radius 2 is 1.95 bits per heavy atom. The molecule has 1 aromatic heterocycles. The van der Waals surface area contributed by atoms with Crippen molar-refractivity contribution in [3.8, 4) is 6.07 Å². The summed E-state index contributed by atoms with van der Waals surface area (Å²) >= 11 is 1.48. The molecule has 4 nitrogen and oxygen atoms in total. The lowest BCUT2D eigenvalue weighted by Gasteiger charge is -2.28. The molecule has 1 heterocycles. The van der Waals surface area contributed by atoms with Gasteiger partial charge in [0.15, 0.2) is 5.82 Å². The first-order valence-electron chi connectivity index (χ1n) is 7.10. The second-order valence-electron chi connectivity index (χ2n) is 4.82. The summed E-state index contributed by atoms with van der Waals surface area (Å²) in [5.74, 6) is 2.35. The van der Waals surface area contributed by atoms with Crippen molar-refractivity contribution in [2.45, 2.75) is 37.9 Å². The Hall–Kier alpha value is -1.80. The average Bonchev–Trinajstić information content (AvgIpc) is 3.00. The molecular weight excluding hydrogens is 282 g/mol. The molecular formula is C16H19N3OS. The molecule has 0 aliphatic rings. The Morgan fingerprint density at radius 3 is 2.57 bits per heavy atom. The van der Waals surface area contributed by atoms with Gasteiger partial charge in [-0.2, -0.15) is 10.2 Å². The number of hydrogen-bond acceptors (Lipinski definition) is 5. The summed E-state index contributed by atoms with van der Waals surface area (Å²) in [5.41, 5.74) is 1.01. The molecule has 0 N–H and O–H groups in total. The predicted octanol–water partition coefficient (Wildman–Crippen LogP) is 3.93. The number of nitriles is 1. The van der Waals surface area contributed by atoms with Crippen molar-refractivity contribution in [3.63, 3.8) is 0 Å². The van der Waals surface area contributed by atoms with Crippen molar-refractivity contribution >= 4 is 11.8 Å². The van der Waals surface area contributed by atoms with Gasteiger partial charge < -0.3 is 4.52 Å². The number of rotatable bonds is 7. The van der Waals surface area contributed by atoms with Crippen molar-refractivity contribution in [1.29, 1.82) is 5.26 Å². The first-order valence-corrected chi connectivity index (χ1v) is 8.25. The summed E-state index contributed by atoms with van der Waals surface area (Å²) in [6, 6.07) is 12.4. The van der Waals surface area contributed by atoms with Gasteiger partial charge in [0.05, 0.1) is 23.0 Å². The highest BCUT2D eigenvalue weighted by molar-refractivity contribution is 7.98. The third-order valence-corrected chi connectivity index (χ3v) is 4.61. The number of nitrogens with zero attached hydrogens (tertiary/aromatic N) is 3. The fraction of sp³-hybridized carbons (Fsp3) is 0.438. The molecule has 0 aliphatic heterocycles. The van der Waals surface area contributed by atoms with E-state index in [4.69, 9.17) is 9.78 Å². The summed E-state index contributed by atoms with van der Waals surface area (Å²) in [6.07, 6.45) is 1.83. The first kappa shape index (κ1) is 15.6. The molecule has 0 spiro atoms. The van der Waals surface area contributed by atoms with Crippen LogP contribution in [0.5, 0.6) is 0 Å². The van der Waals surface area contributed by atoms with E-state index in [2.05, 4.69) is 42.2 Å². The van der Waals surface area contributed by atoms with Crippen LogP contribution in [0.3, 0.4) is 0 Å². The van der Waals surface area contributed by atoms with Gasteiger partial charge >= 0.3 is 0 Å². The van der Waals surface area contributed by atoms with Crippen LogP contribution in [0, 0.1) is 11.3 Å². The monoisotopic (exact) mass is 301 g/mol. The van der Waals surface area contributed by atoms with E-state index in [1.165, 1.54) is 17.3 Å². The van der Waals surface area contributed by atoms with Gasteiger partial charge in [-0.3, -0.25) is 0 Å². The van der Waals surface area contributed by atoms with E-state index in [1.807, 2.05) is 18.2 Å². The van der Waals surface area contributed by atoms with Gasteiger partial charge in [0.1, 0.15) is 0 Å². The van der Waals surface area contributed by atoms with E-state index >= 15 is 0 Å². The summed E-state index contributed by atoms with van der Waals surface area (Å²) in [4.78, 5) is 4.56. The van der Waals surface area contributed by atoms with Gasteiger partial charge in [0, 0.05) is 0 Å². The van der Waals surface area contributed by atoms with Gasteiger partial charge in [0.2, 0.25) is 5.89 Å².